The summed E-state index contributed by atoms with van der Waals surface area (Å²) in [5.41, 5.74) is 0. The first-order valence-corrected chi connectivity index (χ1v) is 6.11. The van der Waals surface area contributed by atoms with E-state index in [0.717, 1.165) is 19.3 Å². The second-order valence-electron chi connectivity index (χ2n) is 4.46. The van der Waals surface area contributed by atoms with Gasteiger partial charge in [-0.2, -0.15) is 0 Å². The quantitative estimate of drug-likeness (QED) is 0.564. The minimum Gasteiger partial charge on any atom is -0.480 e. The monoisotopic (exact) mass is 231 g/mol. The zero-order valence-electron chi connectivity index (χ0n) is 10.7. The number of carboxylic acids is 1. The third-order valence-electron chi connectivity index (χ3n) is 2.29. The molecular weight excluding hydrogens is 206 g/mol. The Labute approximate surface area is 98.4 Å². The van der Waals surface area contributed by atoms with Crippen LogP contribution in [-0.2, 0) is 9.53 Å². The zero-order valence-corrected chi connectivity index (χ0v) is 10.7. The van der Waals surface area contributed by atoms with E-state index in [1.54, 1.807) is 0 Å². The van der Waals surface area contributed by atoms with Crippen molar-refractivity contribution in [1.82, 2.24) is 5.32 Å². The molecule has 16 heavy (non-hydrogen) atoms. The maximum Gasteiger partial charge on any atom is 0.323 e. The van der Waals surface area contributed by atoms with Gasteiger partial charge in [0.25, 0.3) is 0 Å². The molecule has 0 heterocycles. The lowest BCUT2D eigenvalue weighted by atomic mass is 10.1. The van der Waals surface area contributed by atoms with E-state index < -0.39 is 12.0 Å². The van der Waals surface area contributed by atoms with Gasteiger partial charge in [-0.1, -0.05) is 20.8 Å². The van der Waals surface area contributed by atoms with Crippen molar-refractivity contribution in [2.45, 2.75) is 46.1 Å². The van der Waals surface area contributed by atoms with E-state index >= 15 is 0 Å². The highest BCUT2D eigenvalue weighted by Gasteiger charge is 2.15. The Morgan fingerprint density at radius 1 is 1.44 bits per heavy atom. The van der Waals surface area contributed by atoms with Crippen LogP contribution in [0.5, 0.6) is 0 Å². The summed E-state index contributed by atoms with van der Waals surface area (Å²) in [6.45, 7) is 7.97. The molecule has 96 valence electrons. The van der Waals surface area contributed by atoms with Crippen LogP contribution in [0.4, 0.5) is 0 Å². The van der Waals surface area contributed by atoms with E-state index in [1.807, 2.05) is 6.92 Å². The van der Waals surface area contributed by atoms with Crippen molar-refractivity contribution in [2.24, 2.45) is 5.92 Å². The Morgan fingerprint density at radius 2 is 2.12 bits per heavy atom. The van der Waals surface area contributed by atoms with E-state index in [0.29, 0.717) is 19.1 Å². The normalized spacial score (nSPS) is 13.0. The molecule has 0 aliphatic rings. The second-order valence-corrected chi connectivity index (χ2v) is 4.46. The van der Waals surface area contributed by atoms with E-state index in [2.05, 4.69) is 19.2 Å². The summed E-state index contributed by atoms with van der Waals surface area (Å²) in [7, 11) is 0. The van der Waals surface area contributed by atoms with Crippen LogP contribution < -0.4 is 5.32 Å². The van der Waals surface area contributed by atoms with Crippen LogP contribution in [0.25, 0.3) is 0 Å². The molecule has 0 saturated heterocycles. The molecule has 0 saturated carbocycles. The number of aliphatic carboxylic acids is 1. The first-order chi connectivity index (χ1) is 7.57. The van der Waals surface area contributed by atoms with Crippen LogP contribution in [-0.4, -0.2) is 36.9 Å². The highest BCUT2D eigenvalue weighted by Crippen LogP contribution is 2.03. The van der Waals surface area contributed by atoms with Gasteiger partial charge < -0.3 is 15.2 Å². The van der Waals surface area contributed by atoms with Gasteiger partial charge >= 0.3 is 5.97 Å². The first kappa shape index (κ1) is 15.4. The van der Waals surface area contributed by atoms with Crippen LogP contribution in [0.15, 0.2) is 0 Å². The molecule has 0 aliphatic heterocycles. The molecule has 0 fully saturated rings. The van der Waals surface area contributed by atoms with Gasteiger partial charge in [0.1, 0.15) is 6.04 Å². The van der Waals surface area contributed by atoms with E-state index in [4.69, 9.17) is 9.84 Å². The third kappa shape index (κ3) is 8.68. The van der Waals surface area contributed by atoms with E-state index in [1.165, 1.54) is 0 Å². The number of hydrogen-bond donors (Lipinski definition) is 2. The third-order valence-corrected chi connectivity index (χ3v) is 2.29. The fraction of sp³-hybridized carbons (Fsp3) is 0.917. The van der Waals surface area contributed by atoms with E-state index in [9.17, 15) is 4.79 Å². The summed E-state index contributed by atoms with van der Waals surface area (Å²) in [5.74, 6) is -0.158. The molecule has 0 aromatic carbocycles. The molecule has 4 nitrogen and oxygen atoms in total. The highest BCUT2D eigenvalue weighted by molar-refractivity contribution is 5.73. The van der Waals surface area contributed by atoms with Gasteiger partial charge in [0.05, 0.1) is 6.61 Å². The lowest BCUT2D eigenvalue weighted by Gasteiger charge is -2.14. The molecule has 4 heteroatoms. The minimum atomic E-state index is -0.836. The van der Waals surface area contributed by atoms with Crippen LogP contribution >= 0.6 is 0 Å². The number of ether oxygens (including phenoxy) is 1. The molecule has 0 amide bonds. The Balaban J connectivity index is 3.56. The largest absolute Gasteiger partial charge is 0.480 e. The Kier molecular flexibility index (Phi) is 9.24. The standard InChI is InChI=1S/C12H25NO3/c1-4-7-13-11(12(14)15)9-16-8-5-6-10(2)3/h10-11,13H,4-9H2,1-3H3,(H,14,15). The van der Waals surface area contributed by atoms with E-state index in [-0.39, 0.29) is 6.61 Å². The first-order valence-electron chi connectivity index (χ1n) is 6.11. The number of nitrogens with one attached hydrogen (secondary N) is 1. The summed E-state index contributed by atoms with van der Waals surface area (Å²) in [6, 6.07) is -0.570. The topological polar surface area (TPSA) is 58.6 Å². The lowest BCUT2D eigenvalue weighted by molar-refractivity contribution is -0.141. The second kappa shape index (κ2) is 9.60. The molecule has 0 rings (SSSR count). The van der Waals surface area contributed by atoms with Gasteiger partial charge in [-0.3, -0.25) is 4.79 Å². The van der Waals surface area contributed by atoms with Gasteiger partial charge in [0.2, 0.25) is 0 Å². The average molecular weight is 231 g/mol. The van der Waals surface area contributed by atoms with Crippen LogP contribution in [0.3, 0.4) is 0 Å². The number of carbonyl (C=O) groups is 1. The predicted octanol–water partition coefficient (Wildman–Crippen LogP) is 1.89. The SMILES string of the molecule is CCCNC(COCCCC(C)C)C(=O)O. The van der Waals surface area contributed by atoms with Gasteiger partial charge in [0, 0.05) is 6.61 Å². The average Bonchev–Trinajstić information content (AvgIpc) is 2.21. The van der Waals surface area contributed by atoms with Crippen molar-refractivity contribution < 1.29 is 14.6 Å². The van der Waals surface area contributed by atoms with Crippen molar-refractivity contribution in [1.29, 1.82) is 0 Å². The van der Waals surface area contributed by atoms with Crippen LogP contribution in [0.2, 0.25) is 0 Å². The molecule has 0 bridgehead atoms. The van der Waals surface area contributed by atoms with Crippen molar-refractivity contribution in [2.75, 3.05) is 19.8 Å². The smallest absolute Gasteiger partial charge is 0.323 e. The molecular formula is C12H25NO3. The molecule has 0 radical (unpaired) electrons. The van der Waals surface area contributed by atoms with Crippen molar-refractivity contribution in [3.8, 4) is 0 Å². The zero-order chi connectivity index (χ0) is 12.4. The van der Waals surface area contributed by atoms with Crippen LogP contribution in [0, 0.1) is 5.92 Å². The Hall–Kier alpha value is -0.610. The van der Waals surface area contributed by atoms with Crippen molar-refractivity contribution in [3.63, 3.8) is 0 Å². The summed E-state index contributed by atoms with van der Waals surface area (Å²) in [4.78, 5) is 10.8. The summed E-state index contributed by atoms with van der Waals surface area (Å²) < 4.78 is 5.36. The van der Waals surface area contributed by atoms with Crippen LogP contribution in [0.1, 0.15) is 40.0 Å². The molecule has 2 N–H and O–H groups in total. The molecule has 0 spiro atoms. The van der Waals surface area contributed by atoms with Gasteiger partial charge in [-0.25, -0.2) is 0 Å². The highest BCUT2D eigenvalue weighted by atomic mass is 16.5. The number of rotatable bonds is 10. The number of carboxylic acid groups (broad SMARTS) is 1. The summed E-state index contributed by atoms with van der Waals surface area (Å²) in [6.07, 6.45) is 3.05. The van der Waals surface area contributed by atoms with Gasteiger partial charge in [-0.05, 0) is 31.7 Å². The Bertz CT molecular complexity index is 183. The minimum absolute atomic E-state index is 0.257. The van der Waals surface area contributed by atoms with Crippen molar-refractivity contribution >= 4 is 5.97 Å². The number of hydrogen-bond acceptors (Lipinski definition) is 3. The summed E-state index contributed by atoms with van der Waals surface area (Å²) >= 11 is 0. The molecule has 1 unspecified atom stereocenters. The lowest BCUT2D eigenvalue weighted by Crippen LogP contribution is -2.41. The maximum absolute atomic E-state index is 10.8. The predicted molar refractivity (Wildman–Crippen MR) is 64.6 cm³/mol. The molecule has 1 atom stereocenters. The molecule has 0 aromatic heterocycles. The Morgan fingerprint density at radius 3 is 2.62 bits per heavy atom. The molecule has 0 aromatic rings. The fourth-order valence-corrected chi connectivity index (χ4v) is 1.33. The molecule has 0 aliphatic carbocycles. The summed E-state index contributed by atoms with van der Waals surface area (Å²) in [5, 5.41) is 11.8. The van der Waals surface area contributed by atoms with Gasteiger partial charge in [0.15, 0.2) is 0 Å². The van der Waals surface area contributed by atoms with Crippen molar-refractivity contribution in [3.05, 3.63) is 0 Å². The maximum atomic E-state index is 10.8. The fourth-order valence-electron chi connectivity index (χ4n) is 1.33. The van der Waals surface area contributed by atoms with Gasteiger partial charge in [-0.15, -0.1) is 0 Å².